The number of hydroxylamine groups is 2. The Labute approximate surface area is 204 Å². The summed E-state index contributed by atoms with van der Waals surface area (Å²) < 4.78 is 0. The van der Waals surface area contributed by atoms with E-state index in [-0.39, 0.29) is 23.7 Å². The van der Waals surface area contributed by atoms with Crippen molar-refractivity contribution < 1.29 is 28.8 Å². The van der Waals surface area contributed by atoms with Crippen molar-refractivity contribution in [1.29, 1.82) is 0 Å². The van der Waals surface area contributed by atoms with Gasteiger partial charge < -0.3 is 4.84 Å². The quantitative estimate of drug-likeness (QED) is 0.601. The van der Waals surface area contributed by atoms with E-state index in [2.05, 4.69) is 0 Å². The maximum Gasteiger partial charge on any atom is 0.330 e. The molecule has 2 heterocycles. The van der Waals surface area contributed by atoms with Gasteiger partial charge in [0.15, 0.2) is 0 Å². The predicted octanol–water partition coefficient (Wildman–Crippen LogP) is 4.54. The number of amides is 4. The topological polar surface area (TPSA) is 101 Å². The fraction of sp³-hybridized carbons (Fsp3) is 0.370. The molecular formula is C27H30N2O6. The van der Waals surface area contributed by atoms with Gasteiger partial charge in [-0.15, -0.1) is 0 Å². The zero-order valence-electron chi connectivity index (χ0n) is 21.3. The van der Waals surface area contributed by atoms with E-state index in [1.54, 1.807) is 13.0 Å². The number of nitrogens with zero attached hydrogens (tertiary/aromatic N) is 2. The molecule has 8 nitrogen and oxygen atoms in total. The van der Waals surface area contributed by atoms with Gasteiger partial charge in [0.1, 0.15) is 0 Å². The number of rotatable bonds is 3. The van der Waals surface area contributed by atoms with Gasteiger partial charge in [-0.05, 0) is 47.9 Å². The monoisotopic (exact) mass is 478 g/mol. The van der Waals surface area contributed by atoms with Gasteiger partial charge in [-0.25, -0.2) is 4.79 Å². The van der Waals surface area contributed by atoms with Crippen LogP contribution in [0, 0.1) is 13.8 Å². The van der Waals surface area contributed by atoms with E-state index in [4.69, 9.17) is 4.84 Å². The van der Waals surface area contributed by atoms with Crippen molar-refractivity contribution in [3.8, 4) is 0 Å². The van der Waals surface area contributed by atoms with Gasteiger partial charge in [0.05, 0.1) is 22.3 Å². The Kier molecular flexibility index (Phi) is 6.96. The highest BCUT2D eigenvalue weighted by Gasteiger charge is 2.41. The standard InChI is InChI=1S/C14H15NO4.C13H15NO2/c1-7(2)10-6-5-8(3)11-12(10)14(18)15(13(11)17)19-9(4)16;1-7(2)9-6-5-8(3)10-11(9)13(16)14(4)12(10)15/h5-7H,1-4H3;5-7H,1-4H3. The van der Waals surface area contributed by atoms with Crippen LogP contribution in [0.15, 0.2) is 24.3 Å². The molecule has 4 amide bonds. The Balaban J connectivity index is 0.000000198. The second-order valence-electron chi connectivity index (χ2n) is 9.41. The molecule has 0 fully saturated rings. The lowest BCUT2D eigenvalue weighted by molar-refractivity contribution is -0.165. The zero-order chi connectivity index (χ0) is 26.4. The Morgan fingerprint density at radius 1 is 0.686 bits per heavy atom. The van der Waals surface area contributed by atoms with E-state index >= 15 is 0 Å². The van der Waals surface area contributed by atoms with Crippen molar-refractivity contribution in [3.63, 3.8) is 0 Å². The Hall–Kier alpha value is -3.81. The molecule has 2 aliphatic heterocycles. The molecule has 8 heteroatoms. The molecule has 35 heavy (non-hydrogen) atoms. The van der Waals surface area contributed by atoms with E-state index in [9.17, 15) is 24.0 Å². The number of carbonyl (C=O) groups is 5. The number of hydrogen-bond acceptors (Lipinski definition) is 6. The molecule has 0 aliphatic carbocycles. The first-order valence-electron chi connectivity index (χ1n) is 11.5. The minimum absolute atomic E-state index is 0.100. The van der Waals surface area contributed by atoms with Gasteiger partial charge in [0.25, 0.3) is 23.6 Å². The number of fused-ring (bicyclic) bond motifs is 2. The van der Waals surface area contributed by atoms with Crippen molar-refractivity contribution in [3.05, 3.63) is 68.8 Å². The Morgan fingerprint density at radius 3 is 1.49 bits per heavy atom. The summed E-state index contributed by atoms with van der Waals surface area (Å²) in [5.41, 5.74) is 5.19. The second-order valence-corrected chi connectivity index (χ2v) is 9.41. The smallest absolute Gasteiger partial charge is 0.330 e. The van der Waals surface area contributed by atoms with Crippen LogP contribution in [0.3, 0.4) is 0 Å². The zero-order valence-corrected chi connectivity index (χ0v) is 21.3. The highest BCUT2D eigenvalue weighted by atomic mass is 16.7. The van der Waals surface area contributed by atoms with E-state index in [1.807, 2.05) is 52.8 Å². The molecule has 0 atom stereocenters. The first-order chi connectivity index (χ1) is 16.3. The average Bonchev–Trinajstić information content (AvgIpc) is 3.16. The highest BCUT2D eigenvalue weighted by Crippen LogP contribution is 2.33. The molecule has 184 valence electrons. The van der Waals surface area contributed by atoms with E-state index < -0.39 is 17.8 Å². The summed E-state index contributed by atoms with van der Waals surface area (Å²) in [6.45, 7) is 12.7. The molecule has 0 bridgehead atoms. The van der Waals surface area contributed by atoms with Crippen LogP contribution >= 0.6 is 0 Å². The van der Waals surface area contributed by atoms with Crippen molar-refractivity contribution in [2.24, 2.45) is 0 Å². The minimum atomic E-state index is -0.696. The van der Waals surface area contributed by atoms with Crippen molar-refractivity contribution in [2.45, 2.75) is 60.3 Å². The maximum atomic E-state index is 12.2. The fourth-order valence-electron chi connectivity index (χ4n) is 4.35. The molecule has 0 spiro atoms. The van der Waals surface area contributed by atoms with Crippen LogP contribution in [0.25, 0.3) is 0 Å². The SMILES string of the molecule is CC(=O)ON1C(=O)c2c(C)ccc(C(C)C)c2C1=O.Cc1ccc(C(C)C)c2c1C(=O)N(C)C2=O. The number of hydrogen-bond donors (Lipinski definition) is 0. The Morgan fingerprint density at radius 2 is 1.06 bits per heavy atom. The van der Waals surface area contributed by atoms with Crippen LogP contribution in [-0.4, -0.2) is 46.6 Å². The molecule has 2 aliphatic rings. The second kappa shape index (κ2) is 9.44. The molecule has 0 saturated heterocycles. The first-order valence-corrected chi connectivity index (χ1v) is 11.5. The molecule has 0 unspecified atom stereocenters. The molecule has 0 radical (unpaired) electrons. The summed E-state index contributed by atoms with van der Waals surface area (Å²) in [4.78, 5) is 65.2. The Bertz CT molecular complexity index is 1270. The summed E-state index contributed by atoms with van der Waals surface area (Å²) in [5, 5.41) is 0.547. The molecule has 0 N–H and O–H groups in total. The maximum absolute atomic E-state index is 12.2. The van der Waals surface area contributed by atoms with Gasteiger partial charge in [0, 0.05) is 14.0 Å². The van der Waals surface area contributed by atoms with Crippen LogP contribution in [0.1, 0.15) is 110 Å². The van der Waals surface area contributed by atoms with Crippen molar-refractivity contribution in [1.82, 2.24) is 9.96 Å². The molecule has 0 saturated carbocycles. The number of aryl methyl sites for hydroxylation is 2. The lowest BCUT2D eigenvalue weighted by Crippen LogP contribution is -2.32. The number of carbonyl (C=O) groups excluding carboxylic acids is 5. The number of benzene rings is 2. The van der Waals surface area contributed by atoms with Gasteiger partial charge >= 0.3 is 5.97 Å². The number of imide groups is 2. The molecule has 4 rings (SSSR count). The van der Waals surface area contributed by atoms with E-state index in [1.165, 1.54) is 11.9 Å². The van der Waals surface area contributed by atoms with Crippen molar-refractivity contribution >= 4 is 29.6 Å². The van der Waals surface area contributed by atoms with Gasteiger partial charge in [-0.3, -0.25) is 24.1 Å². The highest BCUT2D eigenvalue weighted by molar-refractivity contribution is 6.23. The summed E-state index contributed by atoms with van der Waals surface area (Å²) in [7, 11) is 1.54. The third kappa shape index (κ3) is 4.36. The molecule has 0 aromatic heterocycles. The van der Waals surface area contributed by atoms with Crippen LogP contribution in [0.2, 0.25) is 0 Å². The normalized spacial score (nSPS) is 14.5. The third-order valence-corrected chi connectivity index (χ3v) is 6.19. The summed E-state index contributed by atoms with van der Waals surface area (Å²) in [6.07, 6.45) is 0. The molecular weight excluding hydrogens is 448 g/mol. The summed E-state index contributed by atoms with van der Waals surface area (Å²) in [5.74, 6) is -1.84. The minimum Gasteiger partial charge on any atom is -0.330 e. The van der Waals surface area contributed by atoms with Crippen LogP contribution < -0.4 is 0 Å². The van der Waals surface area contributed by atoms with Crippen LogP contribution in [0.4, 0.5) is 0 Å². The van der Waals surface area contributed by atoms with Crippen LogP contribution in [0.5, 0.6) is 0 Å². The molecule has 2 aromatic rings. The first kappa shape index (κ1) is 25.8. The van der Waals surface area contributed by atoms with Gasteiger partial charge in [-0.1, -0.05) is 57.0 Å². The fourth-order valence-corrected chi connectivity index (χ4v) is 4.35. The summed E-state index contributed by atoms with van der Waals surface area (Å²) in [6, 6.07) is 7.50. The van der Waals surface area contributed by atoms with Gasteiger partial charge in [0.2, 0.25) is 0 Å². The van der Waals surface area contributed by atoms with E-state index in [0.717, 1.165) is 23.6 Å². The summed E-state index contributed by atoms with van der Waals surface area (Å²) >= 11 is 0. The van der Waals surface area contributed by atoms with Gasteiger partial charge in [-0.2, -0.15) is 0 Å². The van der Waals surface area contributed by atoms with Crippen molar-refractivity contribution in [2.75, 3.05) is 7.05 Å². The van der Waals surface area contributed by atoms with E-state index in [0.29, 0.717) is 32.9 Å². The average molecular weight is 479 g/mol. The predicted molar refractivity (Wildman–Crippen MR) is 129 cm³/mol. The van der Waals surface area contributed by atoms with Crippen LogP contribution in [-0.2, 0) is 9.63 Å². The lowest BCUT2D eigenvalue weighted by Gasteiger charge is -2.12. The lowest BCUT2D eigenvalue weighted by atomic mass is 9.92. The third-order valence-electron chi connectivity index (χ3n) is 6.19. The largest absolute Gasteiger partial charge is 0.330 e. The molecule has 2 aromatic carbocycles.